The zero-order valence-electron chi connectivity index (χ0n) is 12.6. The molecule has 0 bridgehead atoms. The maximum absolute atomic E-state index is 6.57. The van der Waals surface area contributed by atoms with E-state index in [4.69, 9.17) is 11.6 Å². The predicted molar refractivity (Wildman–Crippen MR) is 85.0 cm³/mol. The van der Waals surface area contributed by atoms with Crippen molar-refractivity contribution in [3.8, 4) is 0 Å². The summed E-state index contributed by atoms with van der Waals surface area (Å²) in [6.45, 7) is 6.68. The van der Waals surface area contributed by atoms with Crippen LogP contribution in [0.1, 0.15) is 55.7 Å². The molecule has 19 heavy (non-hydrogen) atoms. The number of benzene rings is 1. The van der Waals surface area contributed by atoms with Crippen molar-refractivity contribution in [1.29, 1.82) is 0 Å². The Morgan fingerprint density at radius 1 is 1.16 bits per heavy atom. The van der Waals surface area contributed by atoms with Gasteiger partial charge < -0.3 is 0 Å². The third-order valence-electron chi connectivity index (χ3n) is 4.76. The van der Waals surface area contributed by atoms with E-state index in [1.165, 1.54) is 48.8 Å². The minimum atomic E-state index is 0.384. The van der Waals surface area contributed by atoms with Crippen molar-refractivity contribution in [3.63, 3.8) is 0 Å². The van der Waals surface area contributed by atoms with Gasteiger partial charge in [0.05, 0.1) is 0 Å². The third-order valence-corrected chi connectivity index (χ3v) is 5.34. The molecule has 0 heterocycles. The molecule has 0 amide bonds. The highest BCUT2D eigenvalue weighted by Gasteiger charge is 2.28. The van der Waals surface area contributed by atoms with E-state index in [2.05, 4.69) is 39.0 Å². The number of hydrogen-bond donors (Lipinski definition) is 0. The second-order valence-corrected chi connectivity index (χ2v) is 6.93. The van der Waals surface area contributed by atoms with Crippen LogP contribution < -0.4 is 0 Å². The van der Waals surface area contributed by atoms with E-state index in [1.54, 1.807) is 0 Å². The Kier molecular flexibility index (Phi) is 5.33. The first kappa shape index (κ1) is 14.9. The van der Waals surface area contributed by atoms with E-state index in [1.807, 2.05) is 0 Å². The number of hydrogen-bond acceptors (Lipinski definition) is 0. The number of alkyl halides is 1. The summed E-state index contributed by atoms with van der Waals surface area (Å²) in [6.07, 6.45) is 7.73. The van der Waals surface area contributed by atoms with Crippen LogP contribution in [0.15, 0.2) is 18.2 Å². The molecular weight excluding hydrogens is 252 g/mol. The molecule has 1 saturated carbocycles. The summed E-state index contributed by atoms with van der Waals surface area (Å²) < 4.78 is 0. The summed E-state index contributed by atoms with van der Waals surface area (Å²) in [5.41, 5.74) is 4.26. The molecule has 106 valence electrons. The van der Waals surface area contributed by atoms with E-state index in [0.717, 1.165) is 12.3 Å². The van der Waals surface area contributed by atoms with Crippen LogP contribution in [0, 0.1) is 25.7 Å². The van der Waals surface area contributed by atoms with Gasteiger partial charge in [-0.2, -0.15) is 0 Å². The van der Waals surface area contributed by atoms with Crippen molar-refractivity contribution in [2.75, 3.05) is 0 Å². The summed E-state index contributed by atoms with van der Waals surface area (Å²) in [6, 6.07) is 6.89. The summed E-state index contributed by atoms with van der Waals surface area (Å²) in [5.74, 6) is 1.59. The van der Waals surface area contributed by atoms with Gasteiger partial charge in [-0.05, 0) is 68.1 Å². The fraction of sp³-hybridized carbons (Fsp3) is 0.667. The zero-order chi connectivity index (χ0) is 13.8. The van der Waals surface area contributed by atoms with Crippen molar-refractivity contribution in [3.05, 3.63) is 34.9 Å². The minimum Gasteiger partial charge on any atom is -0.123 e. The van der Waals surface area contributed by atoms with E-state index >= 15 is 0 Å². The standard InChI is InChI=1S/C18H27Cl/c1-4-5-15-8-9-18(19)17(11-15)12-16-7-6-13(2)14(3)10-16/h6-7,10,15,17-18H,4-5,8-9,11-12H2,1-3H3. The lowest BCUT2D eigenvalue weighted by Crippen LogP contribution is -2.27. The van der Waals surface area contributed by atoms with Gasteiger partial charge in [0.25, 0.3) is 0 Å². The first-order valence-electron chi connectivity index (χ1n) is 7.80. The molecule has 0 N–H and O–H groups in total. The average Bonchev–Trinajstić information content (AvgIpc) is 2.38. The van der Waals surface area contributed by atoms with Gasteiger partial charge in [0, 0.05) is 5.38 Å². The van der Waals surface area contributed by atoms with E-state index in [-0.39, 0.29) is 0 Å². The second-order valence-electron chi connectivity index (χ2n) is 6.37. The monoisotopic (exact) mass is 278 g/mol. The number of rotatable bonds is 4. The Morgan fingerprint density at radius 2 is 1.95 bits per heavy atom. The zero-order valence-corrected chi connectivity index (χ0v) is 13.3. The van der Waals surface area contributed by atoms with Crippen LogP contribution in [0.2, 0.25) is 0 Å². The molecular formula is C18H27Cl. The van der Waals surface area contributed by atoms with Crippen molar-refractivity contribution < 1.29 is 0 Å². The highest BCUT2D eigenvalue weighted by molar-refractivity contribution is 6.20. The van der Waals surface area contributed by atoms with Gasteiger partial charge in [-0.1, -0.05) is 38.0 Å². The molecule has 1 heteroatoms. The van der Waals surface area contributed by atoms with Crippen LogP contribution in [-0.2, 0) is 6.42 Å². The Balaban J connectivity index is 2.01. The van der Waals surface area contributed by atoms with Crippen LogP contribution >= 0.6 is 11.6 Å². The van der Waals surface area contributed by atoms with Crippen LogP contribution in [0.5, 0.6) is 0 Å². The van der Waals surface area contributed by atoms with E-state index in [9.17, 15) is 0 Å². The molecule has 1 aliphatic carbocycles. The molecule has 0 nitrogen and oxygen atoms in total. The summed E-state index contributed by atoms with van der Waals surface area (Å²) >= 11 is 6.57. The van der Waals surface area contributed by atoms with E-state index in [0.29, 0.717) is 11.3 Å². The van der Waals surface area contributed by atoms with Crippen LogP contribution in [-0.4, -0.2) is 5.38 Å². The summed E-state index contributed by atoms with van der Waals surface area (Å²) in [4.78, 5) is 0. The lowest BCUT2D eigenvalue weighted by atomic mass is 9.76. The third kappa shape index (κ3) is 3.99. The van der Waals surface area contributed by atoms with Gasteiger partial charge in [-0.25, -0.2) is 0 Å². The Labute approximate surface area is 123 Å². The maximum atomic E-state index is 6.57. The predicted octanol–water partition coefficient (Wildman–Crippen LogP) is 5.67. The van der Waals surface area contributed by atoms with E-state index < -0.39 is 0 Å². The smallest absolute Gasteiger partial charge is 0.0367 e. The topological polar surface area (TPSA) is 0 Å². The van der Waals surface area contributed by atoms with Crippen LogP contribution in [0.4, 0.5) is 0 Å². The first-order chi connectivity index (χ1) is 9.10. The van der Waals surface area contributed by atoms with Gasteiger partial charge >= 0.3 is 0 Å². The fourth-order valence-electron chi connectivity index (χ4n) is 3.44. The molecule has 1 aromatic carbocycles. The molecule has 0 radical (unpaired) electrons. The molecule has 1 fully saturated rings. The van der Waals surface area contributed by atoms with Gasteiger partial charge in [0.2, 0.25) is 0 Å². The highest BCUT2D eigenvalue weighted by atomic mass is 35.5. The van der Waals surface area contributed by atoms with Gasteiger partial charge in [0.15, 0.2) is 0 Å². The molecule has 3 unspecified atom stereocenters. The quantitative estimate of drug-likeness (QED) is 0.623. The lowest BCUT2D eigenvalue weighted by Gasteiger charge is -2.33. The Morgan fingerprint density at radius 3 is 2.63 bits per heavy atom. The molecule has 2 rings (SSSR count). The molecule has 0 aromatic heterocycles. The largest absolute Gasteiger partial charge is 0.123 e. The van der Waals surface area contributed by atoms with Crippen molar-refractivity contribution >= 4 is 11.6 Å². The molecule has 1 aromatic rings. The minimum absolute atomic E-state index is 0.384. The van der Waals surface area contributed by atoms with Gasteiger partial charge in [0.1, 0.15) is 0 Å². The SMILES string of the molecule is CCCC1CCC(Cl)C(Cc2ccc(C)c(C)c2)C1. The fourth-order valence-corrected chi connectivity index (χ4v) is 3.76. The second kappa shape index (κ2) is 6.79. The average molecular weight is 279 g/mol. The van der Waals surface area contributed by atoms with Crippen molar-refractivity contribution in [2.45, 2.75) is 64.7 Å². The van der Waals surface area contributed by atoms with Crippen molar-refractivity contribution in [1.82, 2.24) is 0 Å². The Bertz CT molecular complexity index is 410. The molecule has 0 spiro atoms. The number of aryl methyl sites for hydroxylation is 2. The highest BCUT2D eigenvalue weighted by Crippen LogP contribution is 2.37. The van der Waals surface area contributed by atoms with Crippen LogP contribution in [0.3, 0.4) is 0 Å². The van der Waals surface area contributed by atoms with Gasteiger partial charge in [-0.15, -0.1) is 11.6 Å². The van der Waals surface area contributed by atoms with Gasteiger partial charge in [-0.3, -0.25) is 0 Å². The molecule has 0 aliphatic heterocycles. The Hall–Kier alpha value is -0.490. The lowest BCUT2D eigenvalue weighted by molar-refractivity contribution is 0.257. The van der Waals surface area contributed by atoms with Crippen LogP contribution in [0.25, 0.3) is 0 Å². The molecule has 0 saturated heterocycles. The summed E-state index contributed by atoms with van der Waals surface area (Å²) in [5, 5.41) is 0.384. The van der Waals surface area contributed by atoms with Crippen molar-refractivity contribution in [2.24, 2.45) is 11.8 Å². The molecule has 1 aliphatic rings. The molecule has 3 atom stereocenters. The normalized spacial score (nSPS) is 27.5. The maximum Gasteiger partial charge on any atom is 0.0367 e. The summed E-state index contributed by atoms with van der Waals surface area (Å²) in [7, 11) is 0. The number of halogens is 1. The first-order valence-corrected chi connectivity index (χ1v) is 8.24.